The molecule has 0 heterocycles. The first-order chi connectivity index (χ1) is 9.33. The van der Waals surface area contributed by atoms with Gasteiger partial charge >= 0.3 is 0 Å². The second kappa shape index (κ2) is 6.98. The summed E-state index contributed by atoms with van der Waals surface area (Å²) in [6.07, 6.45) is 13.2. The van der Waals surface area contributed by atoms with Crippen LogP contribution in [-0.4, -0.2) is 6.04 Å². The van der Waals surface area contributed by atoms with E-state index in [2.05, 4.69) is 61.3 Å². The van der Waals surface area contributed by atoms with E-state index in [9.17, 15) is 0 Å². The Morgan fingerprint density at radius 3 is 2.63 bits per heavy atom. The van der Waals surface area contributed by atoms with Crippen molar-refractivity contribution in [3.05, 3.63) is 66.3 Å². The van der Waals surface area contributed by atoms with Crippen LogP contribution in [0.4, 0.5) is 5.69 Å². The molecule has 1 N–H and O–H groups in total. The van der Waals surface area contributed by atoms with E-state index >= 15 is 0 Å². The Bertz CT molecular complexity index is 465. The van der Waals surface area contributed by atoms with Gasteiger partial charge in [0.2, 0.25) is 0 Å². The second-order valence-electron chi connectivity index (χ2n) is 4.96. The summed E-state index contributed by atoms with van der Waals surface area (Å²) in [5.74, 6) is 0. The minimum Gasteiger partial charge on any atom is -0.378 e. The molecule has 0 fully saturated rings. The summed E-state index contributed by atoms with van der Waals surface area (Å²) in [6.45, 7) is 6.05. The molecule has 100 valence electrons. The number of allylic oxidation sites excluding steroid dienone is 2. The molecule has 0 aliphatic heterocycles. The van der Waals surface area contributed by atoms with Crippen molar-refractivity contribution in [2.24, 2.45) is 0 Å². The molecule has 0 radical (unpaired) electrons. The molecule has 0 bridgehead atoms. The molecule has 0 spiro atoms. The molecule has 1 aromatic carbocycles. The van der Waals surface area contributed by atoms with Crippen molar-refractivity contribution in [3.8, 4) is 0 Å². The van der Waals surface area contributed by atoms with Gasteiger partial charge in [-0.25, -0.2) is 0 Å². The van der Waals surface area contributed by atoms with Gasteiger partial charge in [0.25, 0.3) is 0 Å². The summed E-state index contributed by atoms with van der Waals surface area (Å²) in [5.41, 5.74) is 3.94. The summed E-state index contributed by atoms with van der Waals surface area (Å²) in [4.78, 5) is 0. The standard InChI is InChI=1S/C18H23N/c1-3-8-18(16-9-6-5-7-10-16)19-17-13-11-15(4-2)12-14-17/h3,6,9-14,18-19H,1,4-5,7-8H2,2H3. The highest BCUT2D eigenvalue weighted by atomic mass is 14.9. The number of rotatable bonds is 6. The molecule has 0 saturated carbocycles. The van der Waals surface area contributed by atoms with E-state index in [-0.39, 0.29) is 0 Å². The SMILES string of the molecule is C=CCC(Nc1ccc(CC)cc1)C1=CCCC=C1. The Kier molecular flexibility index (Phi) is 5.02. The lowest BCUT2D eigenvalue weighted by molar-refractivity contribution is 0.837. The zero-order chi connectivity index (χ0) is 13.5. The Morgan fingerprint density at radius 2 is 2.05 bits per heavy atom. The van der Waals surface area contributed by atoms with Gasteiger partial charge in [-0.2, -0.15) is 0 Å². The number of benzene rings is 1. The summed E-state index contributed by atoms with van der Waals surface area (Å²) in [5, 5.41) is 3.61. The van der Waals surface area contributed by atoms with Crippen molar-refractivity contribution in [2.75, 3.05) is 5.32 Å². The van der Waals surface area contributed by atoms with Crippen LogP contribution in [0, 0.1) is 0 Å². The predicted octanol–water partition coefficient (Wildman–Crippen LogP) is 4.88. The van der Waals surface area contributed by atoms with Crippen LogP contribution in [0.25, 0.3) is 0 Å². The Morgan fingerprint density at radius 1 is 1.26 bits per heavy atom. The van der Waals surface area contributed by atoms with Crippen LogP contribution in [0.1, 0.15) is 31.7 Å². The van der Waals surface area contributed by atoms with Crippen LogP contribution in [0.5, 0.6) is 0 Å². The molecular formula is C18H23N. The molecule has 1 nitrogen and oxygen atoms in total. The molecule has 1 unspecified atom stereocenters. The topological polar surface area (TPSA) is 12.0 Å². The molecule has 0 amide bonds. The summed E-state index contributed by atoms with van der Waals surface area (Å²) in [6, 6.07) is 9.06. The van der Waals surface area contributed by atoms with Gasteiger partial charge in [0.1, 0.15) is 0 Å². The van der Waals surface area contributed by atoms with Gasteiger partial charge in [0.15, 0.2) is 0 Å². The van der Waals surface area contributed by atoms with Crippen molar-refractivity contribution in [1.82, 2.24) is 0 Å². The number of hydrogen-bond acceptors (Lipinski definition) is 1. The molecule has 1 heteroatoms. The third kappa shape index (κ3) is 3.85. The van der Waals surface area contributed by atoms with E-state index < -0.39 is 0 Å². The molecule has 0 saturated heterocycles. The maximum absolute atomic E-state index is 3.87. The Labute approximate surface area is 116 Å². The van der Waals surface area contributed by atoms with Gasteiger partial charge in [-0.3, -0.25) is 0 Å². The lowest BCUT2D eigenvalue weighted by Gasteiger charge is -2.21. The molecule has 1 atom stereocenters. The van der Waals surface area contributed by atoms with Gasteiger partial charge in [0, 0.05) is 5.69 Å². The number of aryl methyl sites for hydroxylation is 1. The van der Waals surface area contributed by atoms with Crippen LogP contribution in [-0.2, 0) is 6.42 Å². The Balaban J connectivity index is 2.08. The van der Waals surface area contributed by atoms with Crippen molar-refractivity contribution >= 4 is 5.69 Å². The summed E-state index contributed by atoms with van der Waals surface area (Å²) >= 11 is 0. The van der Waals surface area contributed by atoms with Gasteiger partial charge < -0.3 is 5.32 Å². The lowest BCUT2D eigenvalue weighted by atomic mass is 9.97. The average Bonchev–Trinajstić information content (AvgIpc) is 2.48. The van der Waals surface area contributed by atoms with Gasteiger partial charge in [0.05, 0.1) is 6.04 Å². The van der Waals surface area contributed by atoms with E-state index in [1.54, 1.807) is 0 Å². The van der Waals surface area contributed by atoms with Crippen molar-refractivity contribution < 1.29 is 0 Å². The lowest BCUT2D eigenvalue weighted by Crippen LogP contribution is -2.21. The number of hydrogen-bond donors (Lipinski definition) is 1. The normalized spacial score (nSPS) is 15.7. The van der Waals surface area contributed by atoms with Crippen LogP contribution in [0.3, 0.4) is 0 Å². The fourth-order valence-corrected chi connectivity index (χ4v) is 2.37. The molecule has 2 rings (SSSR count). The minimum absolute atomic E-state index is 0.335. The molecular weight excluding hydrogens is 230 g/mol. The van der Waals surface area contributed by atoms with Gasteiger partial charge in [-0.05, 0) is 49.0 Å². The number of nitrogens with one attached hydrogen (secondary N) is 1. The molecule has 1 aliphatic carbocycles. The highest BCUT2D eigenvalue weighted by Crippen LogP contribution is 2.20. The third-order valence-electron chi connectivity index (χ3n) is 3.53. The second-order valence-corrected chi connectivity index (χ2v) is 4.96. The van der Waals surface area contributed by atoms with E-state index in [1.165, 1.54) is 16.8 Å². The van der Waals surface area contributed by atoms with Crippen LogP contribution < -0.4 is 5.32 Å². The van der Waals surface area contributed by atoms with E-state index in [1.807, 2.05) is 6.08 Å². The first-order valence-electron chi connectivity index (χ1n) is 7.16. The summed E-state index contributed by atoms with van der Waals surface area (Å²) in [7, 11) is 0. The van der Waals surface area contributed by atoms with Crippen molar-refractivity contribution in [2.45, 2.75) is 38.6 Å². The largest absolute Gasteiger partial charge is 0.378 e. The summed E-state index contributed by atoms with van der Waals surface area (Å²) < 4.78 is 0. The van der Waals surface area contributed by atoms with Gasteiger partial charge in [-0.1, -0.05) is 43.4 Å². The molecule has 0 aromatic heterocycles. The first-order valence-corrected chi connectivity index (χ1v) is 7.16. The van der Waals surface area contributed by atoms with E-state index in [0.29, 0.717) is 6.04 Å². The minimum atomic E-state index is 0.335. The van der Waals surface area contributed by atoms with E-state index in [4.69, 9.17) is 0 Å². The van der Waals surface area contributed by atoms with E-state index in [0.717, 1.165) is 25.7 Å². The monoisotopic (exact) mass is 253 g/mol. The quantitative estimate of drug-likeness (QED) is 0.712. The smallest absolute Gasteiger partial charge is 0.0544 e. The van der Waals surface area contributed by atoms with Crippen LogP contribution in [0.15, 0.2) is 60.7 Å². The highest BCUT2D eigenvalue weighted by Gasteiger charge is 2.11. The third-order valence-corrected chi connectivity index (χ3v) is 3.53. The average molecular weight is 253 g/mol. The fraction of sp³-hybridized carbons (Fsp3) is 0.333. The zero-order valence-corrected chi connectivity index (χ0v) is 11.7. The molecule has 19 heavy (non-hydrogen) atoms. The maximum atomic E-state index is 3.87. The van der Waals surface area contributed by atoms with Crippen molar-refractivity contribution in [1.29, 1.82) is 0 Å². The van der Waals surface area contributed by atoms with Gasteiger partial charge in [-0.15, -0.1) is 6.58 Å². The molecule has 1 aliphatic rings. The Hall–Kier alpha value is -1.76. The highest BCUT2D eigenvalue weighted by molar-refractivity contribution is 5.48. The predicted molar refractivity (Wildman–Crippen MR) is 84.5 cm³/mol. The fourth-order valence-electron chi connectivity index (χ4n) is 2.37. The molecule has 1 aromatic rings. The zero-order valence-electron chi connectivity index (χ0n) is 11.7. The first kappa shape index (κ1) is 13.7. The van der Waals surface area contributed by atoms with Crippen molar-refractivity contribution in [3.63, 3.8) is 0 Å². The van der Waals surface area contributed by atoms with Crippen LogP contribution >= 0.6 is 0 Å². The maximum Gasteiger partial charge on any atom is 0.0544 e. The van der Waals surface area contributed by atoms with Crippen LogP contribution in [0.2, 0.25) is 0 Å². The number of anilines is 1.